The SMILES string of the molecule is CCOC(=O)/C(=C/CP(C)(C)=O)NC(=O)OCc1ccccc1. The molecule has 126 valence electrons. The van der Waals surface area contributed by atoms with Gasteiger partial charge < -0.3 is 14.0 Å². The maximum Gasteiger partial charge on any atom is 0.412 e. The number of amides is 1. The van der Waals surface area contributed by atoms with Crippen molar-refractivity contribution < 1.29 is 23.6 Å². The molecule has 0 aliphatic rings. The van der Waals surface area contributed by atoms with Crippen LogP contribution in [0.2, 0.25) is 0 Å². The van der Waals surface area contributed by atoms with Crippen LogP contribution in [0.15, 0.2) is 42.1 Å². The van der Waals surface area contributed by atoms with E-state index >= 15 is 0 Å². The third-order valence-corrected chi connectivity index (χ3v) is 3.74. The van der Waals surface area contributed by atoms with E-state index in [1.54, 1.807) is 20.3 Å². The first-order valence-corrected chi connectivity index (χ1v) is 9.99. The fourth-order valence-electron chi connectivity index (χ4n) is 1.57. The Morgan fingerprint density at radius 1 is 1.17 bits per heavy atom. The summed E-state index contributed by atoms with van der Waals surface area (Å²) in [6, 6.07) is 9.17. The molecule has 0 saturated heterocycles. The zero-order valence-electron chi connectivity index (χ0n) is 13.6. The number of nitrogens with one attached hydrogen (secondary N) is 1. The normalized spacial score (nSPS) is 11.7. The van der Waals surface area contributed by atoms with Crippen LogP contribution in [0, 0.1) is 0 Å². The summed E-state index contributed by atoms with van der Waals surface area (Å²) in [7, 11) is -2.36. The van der Waals surface area contributed by atoms with E-state index in [1.807, 2.05) is 30.3 Å². The molecule has 0 aromatic heterocycles. The van der Waals surface area contributed by atoms with E-state index in [0.29, 0.717) is 0 Å². The first-order valence-electron chi connectivity index (χ1n) is 7.21. The number of alkyl carbamates (subject to hydrolysis) is 1. The van der Waals surface area contributed by atoms with E-state index in [-0.39, 0.29) is 25.1 Å². The number of ether oxygens (including phenoxy) is 2. The Kier molecular flexibility index (Phi) is 7.55. The summed E-state index contributed by atoms with van der Waals surface area (Å²) in [6.45, 7) is 5.11. The second-order valence-electron chi connectivity index (χ2n) is 5.28. The molecule has 7 heteroatoms. The average Bonchev–Trinajstić information content (AvgIpc) is 2.49. The summed E-state index contributed by atoms with van der Waals surface area (Å²) in [5.74, 6) is -0.683. The second-order valence-corrected chi connectivity index (χ2v) is 8.79. The summed E-state index contributed by atoms with van der Waals surface area (Å²) >= 11 is 0. The number of hydrogen-bond donors (Lipinski definition) is 1. The van der Waals surface area contributed by atoms with Gasteiger partial charge in [-0.3, -0.25) is 5.32 Å². The molecule has 1 amide bonds. The van der Waals surface area contributed by atoms with E-state index in [1.165, 1.54) is 6.08 Å². The first kappa shape index (κ1) is 19.0. The zero-order chi connectivity index (χ0) is 17.3. The number of carbonyl (C=O) groups is 2. The number of hydrogen-bond acceptors (Lipinski definition) is 5. The van der Waals surface area contributed by atoms with Gasteiger partial charge in [-0.05, 0) is 31.9 Å². The summed E-state index contributed by atoms with van der Waals surface area (Å²) in [6.07, 6.45) is 0.818. The molecular weight excluding hydrogens is 317 g/mol. The molecule has 1 N–H and O–H groups in total. The quantitative estimate of drug-likeness (QED) is 0.469. The van der Waals surface area contributed by atoms with Gasteiger partial charge in [0.15, 0.2) is 0 Å². The number of benzene rings is 1. The summed E-state index contributed by atoms with van der Waals surface area (Å²) in [5, 5.41) is 2.35. The Labute approximate surface area is 136 Å². The van der Waals surface area contributed by atoms with Crippen molar-refractivity contribution in [3.8, 4) is 0 Å². The standard InChI is InChI=1S/C16H22NO5P/c1-4-21-15(18)14(10-11-23(2,3)20)17-16(19)22-12-13-8-6-5-7-9-13/h5-10H,4,11-12H2,1-3H3,(H,17,19)/b14-10-. The van der Waals surface area contributed by atoms with Gasteiger partial charge in [0.2, 0.25) is 0 Å². The van der Waals surface area contributed by atoms with Crippen molar-refractivity contribution in [3.63, 3.8) is 0 Å². The lowest BCUT2D eigenvalue weighted by Gasteiger charge is -2.11. The highest BCUT2D eigenvalue weighted by molar-refractivity contribution is 7.62. The molecule has 1 rings (SSSR count). The lowest BCUT2D eigenvalue weighted by Crippen LogP contribution is -2.29. The molecule has 0 unspecified atom stereocenters. The molecule has 1 aromatic carbocycles. The Bertz CT molecular complexity index is 606. The zero-order valence-corrected chi connectivity index (χ0v) is 14.5. The molecule has 6 nitrogen and oxygen atoms in total. The second kappa shape index (κ2) is 9.16. The molecule has 0 spiro atoms. The highest BCUT2D eigenvalue weighted by atomic mass is 31.2. The lowest BCUT2D eigenvalue weighted by atomic mass is 10.2. The van der Waals surface area contributed by atoms with Crippen LogP contribution in [0.25, 0.3) is 0 Å². The summed E-state index contributed by atoms with van der Waals surface area (Å²) in [4.78, 5) is 23.6. The van der Waals surface area contributed by atoms with E-state index in [9.17, 15) is 14.2 Å². The molecule has 0 fully saturated rings. The van der Waals surface area contributed by atoms with Gasteiger partial charge in [0.1, 0.15) is 12.3 Å². The highest BCUT2D eigenvalue weighted by Gasteiger charge is 2.16. The Hall–Kier alpha value is -2.07. The Morgan fingerprint density at radius 2 is 1.83 bits per heavy atom. The van der Waals surface area contributed by atoms with Crippen molar-refractivity contribution in [2.24, 2.45) is 0 Å². The van der Waals surface area contributed by atoms with Gasteiger partial charge in [-0.2, -0.15) is 0 Å². The summed E-state index contributed by atoms with van der Waals surface area (Å²) < 4.78 is 21.7. The fourth-order valence-corrected chi connectivity index (χ4v) is 2.20. The molecule has 0 radical (unpaired) electrons. The van der Waals surface area contributed by atoms with Gasteiger partial charge in [0.05, 0.1) is 13.7 Å². The smallest absolute Gasteiger partial charge is 0.412 e. The topological polar surface area (TPSA) is 81.7 Å². The van der Waals surface area contributed by atoms with Crippen LogP contribution in [0.1, 0.15) is 12.5 Å². The van der Waals surface area contributed by atoms with Crippen molar-refractivity contribution in [3.05, 3.63) is 47.7 Å². The molecule has 1 aromatic rings. The molecule has 0 atom stereocenters. The van der Waals surface area contributed by atoms with Gasteiger partial charge in [0, 0.05) is 6.16 Å². The summed E-state index contributed by atoms with van der Waals surface area (Å²) in [5.41, 5.74) is 0.768. The maximum absolute atomic E-state index is 11.8. The number of esters is 1. The molecule has 0 bridgehead atoms. The van der Waals surface area contributed by atoms with Crippen molar-refractivity contribution in [1.82, 2.24) is 5.32 Å². The van der Waals surface area contributed by atoms with Gasteiger partial charge in [0.25, 0.3) is 0 Å². The van der Waals surface area contributed by atoms with Crippen LogP contribution in [-0.4, -0.2) is 38.2 Å². The van der Waals surface area contributed by atoms with Gasteiger partial charge in [-0.15, -0.1) is 0 Å². The van der Waals surface area contributed by atoms with Crippen LogP contribution >= 0.6 is 7.14 Å². The highest BCUT2D eigenvalue weighted by Crippen LogP contribution is 2.35. The van der Waals surface area contributed by atoms with E-state index in [0.717, 1.165) is 5.56 Å². The van der Waals surface area contributed by atoms with E-state index in [4.69, 9.17) is 9.47 Å². The third kappa shape index (κ3) is 8.21. The predicted octanol–water partition coefficient (Wildman–Crippen LogP) is 2.98. The fraction of sp³-hybridized carbons (Fsp3) is 0.375. The molecular formula is C16H22NO5P. The van der Waals surface area contributed by atoms with Crippen molar-refractivity contribution in [2.75, 3.05) is 26.1 Å². The Morgan fingerprint density at radius 3 is 2.39 bits per heavy atom. The molecule has 0 aliphatic carbocycles. The minimum absolute atomic E-state index is 0.0613. The van der Waals surface area contributed by atoms with Gasteiger partial charge >= 0.3 is 12.1 Å². The maximum atomic E-state index is 11.8. The number of rotatable bonds is 7. The monoisotopic (exact) mass is 339 g/mol. The molecule has 0 heterocycles. The average molecular weight is 339 g/mol. The van der Waals surface area contributed by atoms with Gasteiger partial charge in [-0.1, -0.05) is 30.3 Å². The molecule has 23 heavy (non-hydrogen) atoms. The third-order valence-electron chi connectivity index (χ3n) is 2.68. The van der Waals surface area contributed by atoms with Crippen LogP contribution in [0.3, 0.4) is 0 Å². The first-order chi connectivity index (χ1) is 10.8. The van der Waals surface area contributed by atoms with Crippen LogP contribution < -0.4 is 5.32 Å². The number of allylic oxidation sites excluding steroid dienone is 1. The van der Waals surface area contributed by atoms with Crippen molar-refractivity contribution in [1.29, 1.82) is 0 Å². The lowest BCUT2D eigenvalue weighted by molar-refractivity contribution is -0.138. The van der Waals surface area contributed by atoms with Crippen LogP contribution in [-0.2, 0) is 25.4 Å². The van der Waals surface area contributed by atoms with Crippen LogP contribution in [0.4, 0.5) is 4.79 Å². The predicted molar refractivity (Wildman–Crippen MR) is 88.8 cm³/mol. The largest absolute Gasteiger partial charge is 0.461 e. The van der Waals surface area contributed by atoms with Crippen molar-refractivity contribution in [2.45, 2.75) is 13.5 Å². The van der Waals surface area contributed by atoms with E-state index < -0.39 is 19.2 Å². The minimum atomic E-state index is -2.36. The molecule has 0 saturated carbocycles. The van der Waals surface area contributed by atoms with Crippen LogP contribution in [0.5, 0.6) is 0 Å². The number of carbonyl (C=O) groups excluding carboxylic acids is 2. The van der Waals surface area contributed by atoms with Gasteiger partial charge in [-0.25, -0.2) is 9.59 Å². The van der Waals surface area contributed by atoms with E-state index in [2.05, 4.69) is 5.32 Å². The van der Waals surface area contributed by atoms with Crippen molar-refractivity contribution >= 4 is 19.2 Å². The molecule has 0 aliphatic heterocycles. The Balaban J connectivity index is 2.66. The minimum Gasteiger partial charge on any atom is -0.461 e.